The number of benzene rings is 2. The molecule has 1 atom stereocenters. The number of nitrogens with one attached hydrogen (secondary N) is 1. The zero-order valence-corrected chi connectivity index (χ0v) is 26.6. The quantitative estimate of drug-likeness (QED) is 0.170. The van der Waals surface area contributed by atoms with E-state index in [2.05, 4.69) is 5.32 Å². The largest absolute Gasteiger partial charge is 0.496 e. The Hall–Kier alpha value is -3.79. The molecule has 11 heteroatoms. The fraction of sp³-hybridized carbons (Fsp3) is 0.344. The monoisotopic (exact) mass is 626 g/mol. The fourth-order valence-electron chi connectivity index (χ4n) is 5.07. The number of hydrogen-bond acceptors (Lipinski definition) is 7. The second kappa shape index (κ2) is 14.1. The molecule has 0 saturated carbocycles. The molecule has 0 amide bonds. The summed E-state index contributed by atoms with van der Waals surface area (Å²) in [6.07, 6.45) is 1.69. The summed E-state index contributed by atoms with van der Waals surface area (Å²) in [5, 5.41) is 4.18. The molecule has 0 saturated heterocycles. The number of rotatable bonds is 12. The Bertz CT molecular complexity index is 1660. The van der Waals surface area contributed by atoms with Gasteiger partial charge in [-0.1, -0.05) is 41.4 Å². The number of halogens is 2. The lowest BCUT2D eigenvalue weighted by Crippen LogP contribution is -2.25. The van der Waals surface area contributed by atoms with Crippen LogP contribution in [0, 0.1) is 6.92 Å². The van der Waals surface area contributed by atoms with Gasteiger partial charge in [-0.3, -0.25) is 4.79 Å². The lowest BCUT2D eigenvalue weighted by molar-refractivity contribution is 0.0518. The van der Waals surface area contributed by atoms with Crippen molar-refractivity contribution in [2.24, 2.45) is 0 Å². The van der Waals surface area contributed by atoms with Gasteiger partial charge < -0.3 is 28.7 Å². The molecular weight excluding hydrogens is 591 g/mol. The number of esters is 1. The molecule has 4 aromatic rings. The van der Waals surface area contributed by atoms with Gasteiger partial charge in [0.2, 0.25) is 0 Å². The van der Waals surface area contributed by atoms with Crippen molar-refractivity contribution in [3.8, 4) is 17.1 Å². The molecule has 1 N–H and O–H groups in total. The van der Waals surface area contributed by atoms with Crippen LogP contribution in [0.1, 0.15) is 60.2 Å². The number of aromatic nitrogens is 3. The third kappa shape index (κ3) is 6.90. The van der Waals surface area contributed by atoms with Gasteiger partial charge in [0, 0.05) is 30.9 Å². The van der Waals surface area contributed by atoms with Crippen molar-refractivity contribution in [2.45, 2.75) is 46.3 Å². The number of pyridine rings is 1. The lowest BCUT2D eigenvalue weighted by Gasteiger charge is -2.27. The van der Waals surface area contributed by atoms with Gasteiger partial charge >= 0.3 is 5.97 Å². The summed E-state index contributed by atoms with van der Waals surface area (Å²) in [5.41, 5.74) is 3.40. The summed E-state index contributed by atoms with van der Waals surface area (Å²) in [7, 11) is 3.16. The number of ether oxygens (including phenoxy) is 3. The first-order valence-electron chi connectivity index (χ1n) is 13.9. The van der Waals surface area contributed by atoms with Gasteiger partial charge in [0.25, 0.3) is 5.56 Å². The zero-order chi connectivity index (χ0) is 31.3. The summed E-state index contributed by atoms with van der Waals surface area (Å²) in [6.45, 7) is 8.56. The molecule has 9 nitrogen and oxygen atoms in total. The Labute approximate surface area is 261 Å². The highest BCUT2D eigenvalue weighted by Crippen LogP contribution is 2.39. The summed E-state index contributed by atoms with van der Waals surface area (Å²) >= 11 is 12.8. The van der Waals surface area contributed by atoms with Crippen molar-refractivity contribution in [3.05, 3.63) is 97.6 Å². The molecular formula is C32H36Cl2N4O5. The zero-order valence-electron chi connectivity index (χ0n) is 25.1. The van der Waals surface area contributed by atoms with Crippen LogP contribution < -0.4 is 15.6 Å². The number of anilines is 1. The average molecular weight is 628 g/mol. The number of hydrogen-bond donors (Lipinski definition) is 1. The van der Waals surface area contributed by atoms with E-state index >= 15 is 0 Å². The SMILES string of the molecule is CCOC(=O)c1nc(-c2ccccc2OC)n(C(C)C)c1C(Nc1cc(Cl)c(=O)n(CCOC)c1)c1ccc(Cl)cc1C. The van der Waals surface area contributed by atoms with Gasteiger partial charge in [-0.25, -0.2) is 9.78 Å². The van der Waals surface area contributed by atoms with E-state index in [1.807, 2.05) is 61.7 Å². The maximum atomic E-state index is 13.6. The van der Waals surface area contributed by atoms with Crippen molar-refractivity contribution in [2.75, 3.05) is 32.8 Å². The van der Waals surface area contributed by atoms with E-state index in [9.17, 15) is 9.59 Å². The van der Waals surface area contributed by atoms with E-state index in [4.69, 9.17) is 42.4 Å². The molecule has 2 aromatic carbocycles. The molecule has 0 fully saturated rings. The van der Waals surface area contributed by atoms with Gasteiger partial charge in [-0.15, -0.1) is 0 Å². The van der Waals surface area contributed by atoms with Crippen molar-refractivity contribution >= 4 is 34.9 Å². The third-order valence-electron chi connectivity index (χ3n) is 6.99. The van der Waals surface area contributed by atoms with Crippen molar-refractivity contribution in [3.63, 3.8) is 0 Å². The maximum absolute atomic E-state index is 13.6. The van der Waals surface area contributed by atoms with E-state index < -0.39 is 12.0 Å². The van der Waals surface area contributed by atoms with Gasteiger partial charge in [0.15, 0.2) is 5.69 Å². The predicted molar refractivity (Wildman–Crippen MR) is 170 cm³/mol. The fourth-order valence-corrected chi connectivity index (χ4v) is 5.52. The van der Waals surface area contributed by atoms with Crippen LogP contribution in [-0.2, 0) is 16.0 Å². The molecule has 4 rings (SSSR count). The molecule has 0 aliphatic carbocycles. The molecule has 1 unspecified atom stereocenters. The number of methoxy groups -OCH3 is 2. The first-order chi connectivity index (χ1) is 20.6. The molecule has 2 aromatic heterocycles. The summed E-state index contributed by atoms with van der Waals surface area (Å²) in [5.74, 6) is 0.599. The number of nitrogens with zero attached hydrogens (tertiary/aromatic N) is 3. The Balaban J connectivity index is 2.05. The number of carbonyl (C=O) groups is 1. The topological polar surface area (TPSA) is 96.6 Å². The van der Waals surface area contributed by atoms with Crippen molar-refractivity contribution in [1.29, 1.82) is 0 Å². The predicted octanol–water partition coefficient (Wildman–Crippen LogP) is 6.94. The van der Waals surface area contributed by atoms with Crippen LogP contribution in [0.5, 0.6) is 5.75 Å². The molecule has 0 bridgehead atoms. The highest BCUT2D eigenvalue weighted by atomic mass is 35.5. The number of aryl methyl sites for hydroxylation is 1. The van der Waals surface area contributed by atoms with E-state index in [1.165, 1.54) is 4.57 Å². The Morgan fingerprint density at radius 3 is 2.49 bits per heavy atom. The van der Waals surface area contributed by atoms with Crippen LogP contribution in [0.3, 0.4) is 0 Å². The third-order valence-corrected chi connectivity index (χ3v) is 7.49. The second-order valence-electron chi connectivity index (χ2n) is 10.2. The normalized spacial score (nSPS) is 11.9. The minimum atomic E-state index is -0.639. The van der Waals surface area contributed by atoms with Crippen LogP contribution in [0.4, 0.5) is 5.69 Å². The number of carbonyl (C=O) groups excluding carboxylic acids is 1. The molecule has 0 aliphatic rings. The second-order valence-corrected chi connectivity index (χ2v) is 11.0. The molecule has 43 heavy (non-hydrogen) atoms. The molecule has 2 heterocycles. The van der Waals surface area contributed by atoms with Gasteiger partial charge in [-0.05, 0) is 69.2 Å². The van der Waals surface area contributed by atoms with Crippen LogP contribution in [-0.4, -0.2) is 47.5 Å². The minimum Gasteiger partial charge on any atom is -0.496 e. The minimum absolute atomic E-state index is 0.0466. The van der Waals surface area contributed by atoms with Crippen LogP contribution in [0.25, 0.3) is 11.4 Å². The van der Waals surface area contributed by atoms with Crippen molar-refractivity contribution in [1.82, 2.24) is 14.1 Å². The van der Waals surface area contributed by atoms with E-state index in [1.54, 1.807) is 39.5 Å². The molecule has 0 aliphatic heterocycles. The van der Waals surface area contributed by atoms with Gasteiger partial charge in [-0.2, -0.15) is 0 Å². The Kier molecular flexibility index (Phi) is 10.6. The maximum Gasteiger partial charge on any atom is 0.358 e. The first-order valence-corrected chi connectivity index (χ1v) is 14.7. The average Bonchev–Trinajstić information content (AvgIpc) is 3.38. The Morgan fingerprint density at radius 1 is 1.09 bits per heavy atom. The van der Waals surface area contributed by atoms with Crippen molar-refractivity contribution < 1.29 is 19.0 Å². The number of imidazole rings is 1. The molecule has 0 spiro atoms. The summed E-state index contributed by atoms with van der Waals surface area (Å²) in [4.78, 5) is 31.2. The van der Waals surface area contributed by atoms with Gasteiger partial charge in [0.1, 0.15) is 16.6 Å². The smallest absolute Gasteiger partial charge is 0.358 e. The van der Waals surface area contributed by atoms with Gasteiger partial charge in [0.05, 0.1) is 43.3 Å². The summed E-state index contributed by atoms with van der Waals surface area (Å²) in [6, 6.07) is 13.9. The van der Waals surface area contributed by atoms with E-state index in [0.717, 1.165) is 16.7 Å². The van der Waals surface area contributed by atoms with Crippen LogP contribution in [0.2, 0.25) is 10.0 Å². The first kappa shape index (κ1) is 32.1. The lowest BCUT2D eigenvalue weighted by atomic mass is 9.96. The van der Waals surface area contributed by atoms with Crippen LogP contribution in [0.15, 0.2) is 59.5 Å². The van der Waals surface area contributed by atoms with E-state index in [0.29, 0.717) is 41.1 Å². The highest BCUT2D eigenvalue weighted by Gasteiger charge is 2.33. The Morgan fingerprint density at radius 2 is 1.84 bits per heavy atom. The van der Waals surface area contributed by atoms with E-state index in [-0.39, 0.29) is 28.9 Å². The standard InChI is InChI=1S/C32H36Cl2N4O5/c1-7-43-32(40)28-29(38(19(2)3)30(36-28)24-10-8-9-11-26(24)42-6)27(23-13-12-21(33)16-20(23)4)35-22-17-25(34)31(39)37(18-22)14-15-41-5/h8-13,16-19,27,35H,7,14-15H2,1-6H3. The molecule has 228 valence electrons. The number of para-hydroxylation sites is 1. The van der Waals surface area contributed by atoms with Crippen LogP contribution >= 0.6 is 23.2 Å². The summed E-state index contributed by atoms with van der Waals surface area (Å²) < 4.78 is 19.9. The highest BCUT2D eigenvalue weighted by molar-refractivity contribution is 6.31. The molecule has 0 radical (unpaired) electrons.